The van der Waals surface area contributed by atoms with Crippen molar-refractivity contribution in [3.8, 4) is 0 Å². The van der Waals surface area contributed by atoms with Gasteiger partial charge in [-0.25, -0.2) is 4.79 Å². The fraction of sp³-hybridized carbons (Fsp3) is 0.667. The zero-order valence-electron chi connectivity index (χ0n) is 19.8. The van der Waals surface area contributed by atoms with Gasteiger partial charge in [0, 0.05) is 49.5 Å². The second-order valence-corrected chi connectivity index (χ2v) is 9.97. The van der Waals surface area contributed by atoms with Crippen molar-refractivity contribution in [1.29, 1.82) is 0 Å². The number of anilines is 2. The third-order valence-corrected chi connectivity index (χ3v) is 5.50. The summed E-state index contributed by atoms with van der Waals surface area (Å²) < 4.78 is 0. The molecule has 0 unspecified atom stereocenters. The van der Waals surface area contributed by atoms with Gasteiger partial charge < -0.3 is 20.4 Å². The first-order valence-corrected chi connectivity index (χ1v) is 11.2. The molecule has 1 saturated carbocycles. The van der Waals surface area contributed by atoms with Gasteiger partial charge in [-0.3, -0.25) is 4.79 Å². The summed E-state index contributed by atoms with van der Waals surface area (Å²) in [7, 11) is 4.02. The predicted octanol–water partition coefficient (Wildman–Crippen LogP) is 4.99. The van der Waals surface area contributed by atoms with Crippen LogP contribution in [0.5, 0.6) is 0 Å². The number of carbonyl (C=O) groups is 2. The minimum Gasteiger partial charge on any atom is -0.377 e. The van der Waals surface area contributed by atoms with E-state index in [-0.39, 0.29) is 24.0 Å². The minimum atomic E-state index is -0.428. The Morgan fingerprint density at radius 3 is 2.27 bits per heavy atom. The Morgan fingerprint density at radius 1 is 1.10 bits per heavy atom. The molecule has 0 aliphatic heterocycles. The fourth-order valence-electron chi connectivity index (χ4n) is 4.03. The van der Waals surface area contributed by atoms with Crippen LogP contribution in [-0.4, -0.2) is 43.0 Å². The zero-order chi connectivity index (χ0) is 22.5. The molecular formula is C24H40N4O2. The summed E-state index contributed by atoms with van der Waals surface area (Å²) in [5.74, 6) is 0.190. The van der Waals surface area contributed by atoms with E-state index in [9.17, 15) is 9.59 Å². The summed E-state index contributed by atoms with van der Waals surface area (Å²) in [5, 5.41) is 5.77. The van der Waals surface area contributed by atoms with Crippen molar-refractivity contribution in [3.63, 3.8) is 0 Å². The molecule has 0 saturated heterocycles. The first-order chi connectivity index (χ1) is 14.0. The predicted molar refractivity (Wildman–Crippen MR) is 125 cm³/mol. The van der Waals surface area contributed by atoms with E-state index in [1.807, 2.05) is 66.9 Å². The minimum absolute atomic E-state index is 0.0664. The highest BCUT2D eigenvalue weighted by molar-refractivity contribution is 5.90. The Labute approximate surface area is 182 Å². The Morgan fingerprint density at radius 2 is 1.73 bits per heavy atom. The molecule has 2 N–H and O–H groups in total. The highest BCUT2D eigenvalue weighted by atomic mass is 16.2. The van der Waals surface area contributed by atoms with Crippen LogP contribution >= 0.6 is 0 Å². The molecule has 3 amide bonds. The van der Waals surface area contributed by atoms with E-state index < -0.39 is 5.41 Å². The van der Waals surface area contributed by atoms with Gasteiger partial charge in [0.05, 0.1) is 0 Å². The SMILES string of the molecule is CC(C)NC(=O)Nc1ccc(N(C)C)c(CN(C(=O)C(C)(C)C)C2CCCCC2)c1. The zero-order valence-corrected chi connectivity index (χ0v) is 19.8. The second kappa shape index (κ2) is 10.2. The lowest BCUT2D eigenvalue weighted by Gasteiger charge is -2.39. The molecule has 1 aromatic carbocycles. The van der Waals surface area contributed by atoms with Crippen molar-refractivity contribution in [2.75, 3.05) is 24.3 Å². The van der Waals surface area contributed by atoms with Gasteiger partial charge in [0.15, 0.2) is 0 Å². The van der Waals surface area contributed by atoms with Gasteiger partial charge in [0.1, 0.15) is 0 Å². The summed E-state index contributed by atoms with van der Waals surface area (Å²) >= 11 is 0. The van der Waals surface area contributed by atoms with Crippen LogP contribution in [0.3, 0.4) is 0 Å². The Balaban J connectivity index is 2.35. The number of amides is 3. The van der Waals surface area contributed by atoms with Crippen LogP contribution in [0.4, 0.5) is 16.2 Å². The molecule has 6 nitrogen and oxygen atoms in total. The summed E-state index contributed by atoms with van der Waals surface area (Å²) in [6.07, 6.45) is 5.73. The van der Waals surface area contributed by atoms with Crippen molar-refractivity contribution >= 4 is 23.3 Å². The maximum atomic E-state index is 13.4. The topological polar surface area (TPSA) is 64.7 Å². The molecule has 1 aliphatic rings. The number of benzene rings is 1. The molecule has 6 heteroatoms. The van der Waals surface area contributed by atoms with E-state index >= 15 is 0 Å². The first kappa shape index (κ1) is 24.0. The Bertz CT molecular complexity index is 731. The molecule has 168 valence electrons. The lowest BCUT2D eigenvalue weighted by molar-refractivity contribution is -0.143. The molecule has 0 bridgehead atoms. The summed E-state index contributed by atoms with van der Waals surface area (Å²) in [6, 6.07) is 6.05. The van der Waals surface area contributed by atoms with Gasteiger partial charge in [0.25, 0.3) is 0 Å². The normalized spacial score (nSPS) is 15.1. The molecule has 0 radical (unpaired) electrons. The third-order valence-electron chi connectivity index (χ3n) is 5.50. The lowest BCUT2D eigenvalue weighted by Crippen LogP contribution is -2.46. The molecular weight excluding hydrogens is 376 g/mol. The van der Waals surface area contributed by atoms with E-state index in [1.165, 1.54) is 19.3 Å². The van der Waals surface area contributed by atoms with Gasteiger partial charge in [0.2, 0.25) is 5.91 Å². The number of rotatable bonds is 6. The largest absolute Gasteiger partial charge is 0.377 e. The second-order valence-electron chi connectivity index (χ2n) is 9.97. The Kier molecular flexibility index (Phi) is 8.16. The van der Waals surface area contributed by atoms with Crippen molar-refractivity contribution in [2.24, 2.45) is 5.41 Å². The number of nitrogens with one attached hydrogen (secondary N) is 2. The lowest BCUT2D eigenvalue weighted by atomic mass is 9.89. The van der Waals surface area contributed by atoms with Crippen LogP contribution in [-0.2, 0) is 11.3 Å². The van der Waals surface area contributed by atoms with Crippen LogP contribution in [0.2, 0.25) is 0 Å². The molecule has 1 aromatic rings. The molecule has 0 atom stereocenters. The van der Waals surface area contributed by atoms with E-state index in [0.717, 1.165) is 29.8 Å². The number of urea groups is 1. The van der Waals surface area contributed by atoms with E-state index in [4.69, 9.17) is 0 Å². The van der Waals surface area contributed by atoms with E-state index in [2.05, 4.69) is 20.4 Å². The van der Waals surface area contributed by atoms with Crippen LogP contribution in [0.15, 0.2) is 18.2 Å². The molecule has 2 rings (SSSR count). The van der Waals surface area contributed by atoms with Crippen molar-refractivity contribution in [2.45, 2.75) is 85.4 Å². The number of nitrogens with zero attached hydrogens (tertiary/aromatic N) is 2. The molecule has 1 aliphatic carbocycles. The van der Waals surface area contributed by atoms with Gasteiger partial charge in [-0.1, -0.05) is 40.0 Å². The molecule has 1 fully saturated rings. The van der Waals surface area contributed by atoms with Crippen LogP contribution in [0, 0.1) is 5.41 Å². The molecule has 0 heterocycles. The molecule has 0 aromatic heterocycles. The van der Waals surface area contributed by atoms with Gasteiger partial charge >= 0.3 is 6.03 Å². The van der Waals surface area contributed by atoms with Gasteiger partial charge in [-0.2, -0.15) is 0 Å². The number of carbonyl (C=O) groups excluding carboxylic acids is 2. The molecule has 0 spiro atoms. The standard InChI is InChI=1S/C24H40N4O2/c1-17(2)25-23(30)26-19-13-14-21(27(6)7)18(15-19)16-28(22(29)24(3,4)5)20-11-9-8-10-12-20/h13-15,17,20H,8-12,16H2,1-7H3,(H2,25,26,30). The summed E-state index contributed by atoms with van der Waals surface area (Å²) in [4.78, 5) is 29.7. The average molecular weight is 417 g/mol. The van der Waals surface area contributed by atoms with Crippen LogP contribution in [0.25, 0.3) is 0 Å². The maximum Gasteiger partial charge on any atom is 0.319 e. The summed E-state index contributed by atoms with van der Waals surface area (Å²) in [5.41, 5.74) is 2.42. The first-order valence-electron chi connectivity index (χ1n) is 11.2. The fourth-order valence-corrected chi connectivity index (χ4v) is 4.03. The maximum absolute atomic E-state index is 13.4. The van der Waals surface area contributed by atoms with Crippen LogP contribution < -0.4 is 15.5 Å². The van der Waals surface area contributed by atoms with Gasteiger partial charge in [-0.15, -0.1) is 0 Å². The Hall–Kier alpha value is -2.24. The average Bonchev–Trinajstić information content (AvgIpc) is 2.64. The third kappa shape index (κ3) is 6.64. The molecule has 30 heavy (non-hydrogen) atoms. The number of hydrogen-bond acceptors (Lipinski definition) is 3. The highest BCUT2D eigenvalue weighted by Gasteiger charge is 2.33. The van der Waals surface area contributed by atoms with E-state index in [0.29, 0.717) is 6.54 Å². The number of hydrogen-bond donors (Lipinski definition) is 2. The highest BCUT2D eigenvalue weighted by Crippen LogP contribution is 2.31. The smallest absolute Gasteiger partial charge is 0.319 e. The quantitative estimate of drug-likeness (QED) is 0.687. The monoisotopic (exact) mass is 416 g/mol. The van der Waals surface area contributed by atoms with Crippen molar-refractivity contribution in [1.82, 2.24) is 10.2 Å². The van der Waals surface area contributed by atoms with Gasteiger partial charge in [-0.05, 0) is 50.5 Å². The summed E-state index contributed by atoms with van der Waals surface area (Å²) in [6.45, 7) is 10.4. The van der Waals surface area contributed by atoms with Crippen molar-refractivity contribution in [3.05, 3.63) is 23.8 Å². The van der Waals surface area contributed by atoms with E-state index in [1.54, 1.807) is 0 Å². The van der Waals surface area contributed by atoms with Crippen LogP contribution in [0.1, 0.15) is 72.3 Å². The van der Waals surface area contributed by atoms with Crippen molar-refractivity contribution < 1.29 is 9.59 Å².